The first-order valence-corrected chi connectivity index (χ1v) is 4.94. The van der Waals surface area contributed by atoms with Crippen LogP contribution in [0.2, 0.25) is 0 Å². The molecular weight excluding hydrogens is 181 g/mol. The molecule has 76 valence electrons. The number of anilines is 1. The molecule has 0 bridgehead atoms. The molecular formula is C11H14FNO. The van der Waals surface area contributed by atoms with Crippen LogP contribution in [0.3, 0.4) is 0 Å². The van der Waals surface area contributed by atoms with Crippen LogP contribution in [0.25, 0.3) is 0 Å². The van der Waals surface area contributed by atoms with Crippen LogP contribution < -0.4 is 5.32 Å². The summed E-state index contributed by atoms with van der Waals surface area (Å²) in [6, 6.07) is 6.95. The van der Waals surface area contributed by atoms with Gasteiger partial charge in [-0.1, -0.05) is 0 Å². The minimum absolute atomic E-state index is 0.192. The lowest BCUT2D eigenvalue weighted by atomic mass is 10.1. The zero-order chi connectivity index (χ0) is 9.80. The highest BCUT2D eigenvalue weighted by atomic mass is 19.1. The molecule has 0 amide bonds. The van der Waals surface area contributed by atoms with Gasteiger partial charge in [0.2, 0.25) is 0 Å². The van der Waals surface area contributed by atoms with Gasteiger partial charge in [-0.25, -0.2) is 4.39 Å². The number of hydrogen-bond acceptors (Lipinski definition) is 2. The van der Waals surface area contributed by atoms with Gasteiger partial charge >= 0.3 is 0 Å². The Morgan fingerprint density at radius 1 is 1.14 bits per heavy atom. The highest BCUT2D eigenvalue weighted by Gasteiger charge is 2.12. The SMILES string of the molecule is Fc1ccc(NC2CCOCC2)cc1. The van der Waals surface area contributed by atoms with Crippen LogP contribution in [0.5, 0.6) is 0 Å². The zero-order valence-corrected chi connectivity index (χ0v) is 8.00. The molecule has 1 aliphatic heterocycles. The maximum Gasteiger partial charge on any atom is 0.123 e. The lowest BCUT2D eigenvalue weighted by molar-refractivity contribution is 0.0904. The van der Waals surface area contributed by atoms with Crippen LogP contribution in [-0.4, -0.2) is 19.3 Å². The third-order valence-electron chi connectivity index (χ3n) is 2.44. The number of halogens is 1. The molecule has 14 heavy (non-hydrogen) atoms. The second kappa shape index (κ2) is 4.42. The average Bonchev–Trinajstić information content (AvgIpc) is 2.23. The van der Waals surface area contributed by atoms with Crippen LogP contribution in [0.4, 0.5) is 10.1 Å². The van der Waals surface area contributed by atoms with E-state index in [4.69, 9.17) is 4.74 Å². The number of nitrogens with one attached hydrogen (secondary N) is 1. The molecule has 0 atom stereocenters. The molecule has 2 nitrogen and oxygen atoms in total. The predicted octanol–water partition coefficient (Wildman–Crippen LogP) is 2.42. The van der Waals surface area contributed by atoms with Gasteiger partial charge in [0.05, 0.1) is 0 Å². The summed E-state index contributed by atoms with van der Waals surface area (Å²) in [6.07, 6.45) is 2.05. The normalized spacial score (nSPS) is 18.1. The second-order valence-electron chi connectivity index (χ2n) is 3.54. The van der Waals surface area contributed by atoms with E-state index in [-0.39, 0.29) is 5.82 Å². The summed E-state index contributed by atoms with van der Waals surface area (Å²) in [5.41, 5.74) is 0.985. The topological polar surface area (TPSA) is 21.3 Å². The Morgan fingerprint density at radius 2 is 1.79 bits per heavy atom. The van der Waals surface area contributed by atoms with Gasteiger partial charge in [-0.2, -0.15) is 0 Å². The Kier molecular flexibility index (Phi) is 2.99. The van der Waals surface area contributed by atoms with E-state index in [0.717, 1.165) is 31.7 Å². The maximum absolute atomic E-state index is 12.6. The van der Waals surface area contributed by atoms with E-state index in [2.05, 4.69) is 5.32 Å². The van der Waals surface area contributed by atoms with Crippen molar-refractivity contribution in [3.8, 4) is 0 Å². The van der Waals surface area contributed by atoms with Crippen LogP contribution >= 0.6 is 0 Å². The van der Waals surface area contributed by atoms with E-state index in [1.165, 1.54) is 12.1 Å². The number of hydrogen-bond donors (Lipinski definition) is 1. The van der Waals surface area contributed by atoms with E-state index in [9.17, 15) is 4.39 Å². The molecule has 0 aromatic heterocycles. The van der Waals surface area contributed by atoms with E-state index < -0.39 is 0 Å². The van der Waals surface area contributed by atoms with E-state index in [1.807, 2.05) is 0 Å². The van der Waals surface area contributed by atoms with Crippen molar-refractivity contribution in [3.05, 3.63) is 30.1 Å². The highest BCUT2D eigenvalue weighted by molar-refractivity contribution is 5.43. The van der Waals surface area contributed by atoms with Crippen molar-refractivity contribution in [1.29, 1.82) is 0 Å². The first-order chi connectivity index (χ1) is 6.84. The summed E-state index contributed by atoms with van der Waals surface area (Å²) in [5.74, 6) is -0.192. The molecule has 1 N–H and O–H groups in total. The van der Waals surface area contributed by atoms with Crippen LogP contribution in [0.1, 0.15) is 12.8 Å². The minimum Gasteiger partial charge on any atom is -0.382 e. The maximum atomic E-state index is 12.6. The third kappa shape index (κ3) is 2.45. The van der Waals surface area contributed by atoms with Crippen LogP contribution in [-0.2, 0) is 4.74 Å². The van der Waals surface area contributed by atoms with Gasteiger partial charge in [0.15, 0.2) is 0 Å². The number of benzene rings is 1. The van der Waals surface area contributed by atoms with Crippen molar-refractivity contribution in [3.63, 3.8) is 0 Å². The van der Waals surface area contributed by atoms with Gasteiger partial charge in [0.25, 0.3) is 0 Å². The molecule has 1 aromatic rings. The summed E-state index contributed by atoms with van der Waals surface area (Å²) >= 11 is 0. The molecule has 1 heterocycles. The molecule has 1 aliphatic rings. The van der Waals surface area contributed by atoms with E-state index in [1.54, 1.807) is 12.1 Å². The molecule has 1 saturated heterocycles. The molecule has 0 aliphatic carbocycles. The Morgan fingerprint density at radius 3 is 2.43 bits per heavy atom. The molecule has 1 fully saturated rings. The first-order valence-electron chi connectivity index (χ1n) is 4.94. The Labute approximate surface area is 83.1 Å². The first kappa shape index (κ1) is 9.46. The Bertz CT molecular complexity index is 280. The van der Waals surface area contributed by atoms with Crippen molar-refractivity contribution < 1.29 is 9.13 Å². The summed E-state index contributed by atoms with van der Waals surface area (Å²) in [6.45, 7) is 1.64. The van der Waals surface area contributed by atoms with Gasteiger partial charge in [-0.05, 0) is 37.1 Å². The minimum atomic E-state index is -0.192. The van der Waals surface area contributed by atoms with Crippen LogP contribution in [0.15, 0.2) is 24.3 Å². The lowest BCUT2D eigenvalue weighted by Crippen LogP contribution is -2.27. The Hall–Kier alpha value is -1.09. The Balaban J connectivity index is 1.92. The van der Waals surface area contributed by atoms with Crippen molar-refractivity contribution >= 4 is 5.69 Å². The average molecular weight is 195 g/mol. The fourth-order valence-corrected chi connectivity index (χ4v) is 1.62. The van der Waals surface area contributed by atoms with Gasteiger partial charge in [0, 0.05) is 24.9 Å². The number of rotatable bonds is 2. The summed E-state index contributed by atoms with van der Waals surface area (Å²) in [4.78, 5) is 0. The van der Waals surface area contributed by atoms with Gasteiger partial charge < -0.3 is 10.1 Å². The smallest absolute Gasteiger partial charge is 0.123 e. The van der Waals surface area contributed by atoms with Gasteiger partial charge in [0.1, 0.15) is 5.82 Å². The lowest BCUT2D eigenvalue weighted by Gasteiger charge is -2.24. The summed E-state index contributed by atoms with van der Waals surface area (Å²) < 4.78 is 17.9. The fraction of sp³-hybridized carbons (Fsp3) is 0.455. The molecule has 1 aromatic carbocycles. The van der Waals surface area contributed by atoms with Crippen molar-refractivity contribution in [1.82, 2.24) is 0 Å². The molecule has 0 radical (unpaired) electrons. The molecule has 0 saturated carbocycles. The zero-order valence-electron chi connectivity index (χ0n) is 8.00. The van der Waals surface area contributed by atoms with E-state index >= 15 is 0 Å². The molecule has 3 heteroatoms. The summed E-state index contributed by atoms with van der Waals surface area (Å²) in [7, 11) is 0. The third-order valence-corrected chi connectivity index (χ3v) is 2.44. The standard InChI is InChI=1S/C11H14FNO/c12-9-1-3-10(4-2-9)13-11-5-7-14-8-6-11/h1-4,11,13H,5-8H2. The molecule has 0 spiro atoms. The predicted molar refractivity (Wildman–Crippen MR) is 53.9 cm³/mol. The quantitative estimate of drug-likeness (QED) is 0.782. The second-order valence-corrected chi connectivity index (χ2v) is 3.54. The molecule has 2 rings (SSSR count). The largest absolute Gasteiger partial charge is 0.382 e. The monoisotopic (exact) mass is 195 g/mol. The van der Waals surface area contributed by atoms with E-state index in [0.29, 0.717) is 6.04 Å². The summed E-state index contributed by atoms with van der Waals surface area (Å²) in [5, 5.41) is 3.36. The van der Waals surface area contributed by atoms with Gasteiger partial charge in [-0.15, -0.1) is 0 Å². The van der Waals surface area contributed by atoms with Crippen molar-refractivity contribution in [2.75, 3.05) is 18.5 Å². The van der Waals surface area contributed by atoms with Crippen molar-refractivity contribution in [2.45, 2.75) is 18.9 Å². The molecule has 0 unspecified atom stereocenters. The van der Waals surface area contributed by atoms with Gasteiger partial charge in [-0.3, -0.25) is 0 Å². The van der Waals surface area contributed by atoms with Crippen LogP contribution in [0, 0.1) is 5.82 Å². The fourth-order valence-electron chi connectivity index (χ4n) is 1.62. The number of ether oxygens (including phenoxy) is 1. The highest BCUT2D eigenvalue weighted by Crippen LogP contribution is 2.15. The van der Waals surface area contributed by atoms with Crippen molar-refractivity contribution in [2.24, 2.45) is 0 Å².